The van der Waals surface area contributed by atoms with Crippen LogP contribution in [-0.2, 0) is 17.8 Å². The number of nitrogens with one attached hydrogen (secondary N) is 1. The summed E-state index contributed by atoms with van der Waals surface area (Å²) in [6.07, 6.45) is 8.23. The number of fused-ring (bicyclic) bond motifs is 1. The van der Waals surface area contributed by atoms with Crippen molar-refractivity contribution in [3.63, 3.8) is 0 Å². The van der Waals surface area contributed by atoms with Crippen LogP contribution in [0.2, 0.25) is 0 Å². The number of carbonyl (C=O) groups is 1. The summed E-state index contributed by atoms with van der Waals surface area (Å²) in [6, 6.07) is 15.0. The van der Waals surface area contributed by atoms with E-state index in [-0.39, 0.29) is 5.41 Å². The second-order valence-corrected chi connectivity index (χ2v) is 11.2. The molecule has 4 saturated carbocycles. The highest BCUT2D eigenvalue weighted by molar-refractivity contribution is 5.83. The number of aromatic nitrogens is 2. The third kappa shape index (κ3) is 3.78. The number of amides is 1. The van der Waals surface area contributed by atoms with E-state index in [4.69, 9.17) is 4.98 Å². The van der Waals surface area contributed by atoms with Gasteiger partial charge in [-0.3, -0.25) is 4.79 Å². The van der Waals surface area contributed by atoms with Crippen molar-refractivity contribution in [1.82, 2.24) is 14.9 Å². The first-order chi connectivity index (χ1) is 16.0. The molecule has 1 heterocycles. The van der Waals surface area contributed by atoms with E-state index in [1.54, 1.807) is 0 Å². The van der Waals surface area contributed by atoms with Gasteiger partial charge < -0.3 is 9.88 Å². The highest BCUT2D eigenvalue weighted by Crippen LogP contribution is 2.60. The van der Waals surface area contributed by atoms with Crippen LogP contribution in [0.3, 0.4) is 0 Å². The van der Waals surface area contributed by atoms with Gasteiger partial charge in [-0.05, 0) is 93.4 Å². The van der Waals surface area contributed by atoms with Crippen molar-refractivity contribution < 1.29 is 4.79 Å². The first kappa shape index (κ1) is 20.9. The Labute approximate surface area is 196 Å². The van der Waals surface area contributed by atoms with Crippen LogP contribution in [0.4, 0.5) is 0 Å². The first-order valence-corrected chi connectivity index (χ1v) is 12.8. The van der Waals surface area contributed by atoms with E-state index in [9.17, 15) is 4.79 Å². The van der Waals surface area contributed by atoms with Crippen LogP contribution in [0.1, 0.15) is 61.0 Å². The molecule has 2 aromatic carbocycles. The predicted molar refractivity (Wildman–Crippen MR) is 132 cm³/mol. The topological polar surface area (TPSA) is 46.9 Å². The molecule has 0 saturated heterocycles. The number of imidazole rings is 1. The second-order valence-electron chi connectivity index (χ2n) is 11.2. The minimum Gasteiger partial charge on any atom is -0.355 e. The monoisotopic (exact) mass is 441 g/mol. The standard InChI is InChI=1S/C29H35N3O/c1-19-7-8-20(2)24(11-19)18-32-26-6-4-3-5-25(26)31-27(32)9-10-30-28(33)29-15-21-12-22(16-29)14-23(13-21)17-29/h3-8,11,21-23H,9-10,12-18H2,1-2H3,(H,30,33). The third-order valence-electron chi connectivity index (χ3n) is 8.72. The minimum absolute atomic E-state index is 0.0758. The molecule has 4 fully saturated rings. The molecule has 0 unspecified atom stereocenters. The first-order valence-electron chi connectivity index (χ1n) is 12.8. The molecule has 4 heteroatoms. The van der Waals surface area contributed by atoms with Crippen LogP contribution in [0.15, 0.2) is 42.5 Å². The molecule has 1 amide bonds. The summed E-state index contributed by atoms with van der Waals surface area (Å²) in [5.41, 5.74) is 6.04. The predicted octanol–water partition coefficient (Wildman–Crippen LogP) is 5.58. The lowest BCUT2D eigenvalue weighted by molar-refractivity contribution is -0.146. The second kappa shape index (κ2) is 8.00. The highest BCUT2D eigenvalue weighted by atomic mass is 16.2. The summed E-state index contributed by atoms with van der Waals surface area (Å²) in [5.74, 6) is 3.76. The maximum absolute atomic E-state index is 13.4. The van der Waals surface area contributed by atoms with Gasteiger partial charge >= 0.3 is 0 Å². The fraction of sp³-hybridized carbons (Fsp3) is 0.517. The average Bonchev–Trinajstić information content (AvgIpc) is 3.12. The summed E-state index contributed by atoms with van der Waals surface area (Å²) in [7, 11) is 0. The third-order valence-corrected chi connectivity index (χ3v) is 8.72. The molecule has 0 aliphatic heterocycles. The molecule has 0 spiro atoms. The fourth-order valence-electron chi connectivity index (χ4n) is 7.50. The molecule has 7 rings (SSSR count). The zero-order chi connectivity index (χ0) is 22.6. The zero-order valence-electron chi connectivity index (χ0n) is 19.9. The van der Waals surface area contributed by atoms with Gasteiger partial charge in [0.25, 0.3) is 0 Å². The summed E-state index contributed by atoms with van der Waals surface area (Å²) in [5, 5.41) is 3.35. The number of aryl methyl sites for hydroxylation is 2. The number of nitrogens with zero attached hydrogens (tertiary/aromatic N) is 2. The lowest BCUT2D eigenvalue weighted by atomic mass is 9.49. The molecule has 4 nitrogen and oxygen atoms in total. The molecule has 33 heavy (non-hydrogen) atoms. The van der Waals surface area contributed by atoms with Crippen LogP contribution in [0, 0.1) is 37.0 Å². The summed E-state index contributed by atoms with van der Waals surface area (Å²) in [6.45, 7) is 5.80. The maximum Gasteiger partial charge on any atom is 0.226 e. The molecule has 1 N–H and O–H groups in total. The van der Waals surface area contributed by atoms with Gasteiger partial charge in [-0.1, -0.05) is 35.9 Å². The van der Waals surface area contributed by atoms with Crippen molar-refractivity contribution in [3.8, 4) is 0 Å². The van der Waals surface area contributed by atoms with Gasteiger partial charge in [0.05, 0.1) is 11.0 Å². The lowest BCUT2D eigenvalue weighted by Gasteiger charge is -2.55. The van der Waals surface area contributed by atoms with Crippen LogP contribution in [-0.4, -0.2) is 22.0 Å². The Morgan fingerprint density at radius 3 is 2.45 bits per heavy atom. The van der Waals surface area contributed by atoms with E-state index in [0.29, 0.717) is 12.5 Å². The van der Waals surface area contributed by atoms with E-state index in [1.807, 2.05) is 0 Å². The van der Waals surface area contributed by atoms with E-state index in [0.717, 1.165) is 61.3 Å². The quantitative estimate of drug-likeness (QED) is 0.543. The Bertz CT molecular complexity index is 1170. The van der Waals surface area contributed by atoms with Gasteiger partial charge in [0, 0.05) is 24.9 Å². The van der Waals surface area contributed by atoms with Crippen molar-refractivity contribution >= 4 is 16.9 Å². The highest BCUT2D eigenvalue weighted by Gasteiger charge is 2.54. The van der Waals surface area contributed by atoms with Gasteiger partial charge in [0.2, 0.25) is 5.91 Å². The number of carbonyl (C=O) groups excluding carboxylic acids is 1. The Kier molecular flexibility index (Phi) is 5.08. The van der Waals surface area contributed by atoms with Crippen LogP contribution >= 0.6 is 0 Å². The number of rotatable bonds is 6. The molecule has 4 aliphatic rings. The number of hydrogen-bond acceptors (Lipinski definition) is 2. The molecular weight excluding hydrogens is 406 g/mol. The number of benzene rings is 2. The van der Waals surface area contributed by atoms with Crippen LogP contribution in [0.5, 0.6) is 0 Å². The smallest absolute Gasteiger partial charge is 0.226 e. The van der Waals surface area contributed by atoms with E-state index >= 15 is 0 Å². The average molecular weight is 442 g/mol. The summed E-state index contributed by atoms with van der Waals surface area (Å²) in [4.78, 5) is 18.3. The SMILES string of the molecule is Cc1ccc(C)c(Cn2c(CCNC(=O)C34CC5CC(CC(C5)C3)C4)nc3ccccc32)c1. The molecular formula is C29H35N3O. The van der Waals surface area contributed by atoms with Gasteiger partial charge in [-0.2, -0.15) is 0 Å². The van der Waals surface area contributed by atoms with Gasteiger partial charge in [0.1, 0.15) is 5.82 Å². The van der Waals surface area contributed by atoms with Crippen LogP contribution in [0.25, 0.3) is 11.0 Å². The number of hydrogen-bond donors (Lipinski definition) is 1. The van der Waals surface area contributed by atoms with Crippen molar-refractivity contribution in [3.05, 3.63) is 65.0 Å². The van der Waals surface area contributed by atoms with Gasteiger partial charge in [-0.25, -0.2) is 4.98 Å². The Morgan fingerprint density at radius 1 is 1.03 bits per heavy atom. The molecule has 4 aliphatic carbocycles. The van der Waals surface area contributed by atoms with E-state index < -0.39 is 0 Å². The molecule has 3 aromatic rings. The van der Waals surface area contributed by atoms with E-state index in [1.165, 1.54) is 41.5 Å². The molecule has 0 atom stereocenters. The Morgan fingerprint density at radius 2 is 1.73 bits per heavy atom. The lowest BCUT2D eigenvalue weighted by Crippen LogP contribution is -2.53. The van der Waals surface area contributed by atoms with Crippen molar-refractivity contribution in [2.24, 2.45) is 23.2 Å². The Balaban J connectivity index is 1.20. The largest absolute Gasteiger partial charge is 0.355 e. The van der Waals surface area contributed by atoms with Gasteiger partial charge in [0.15, 0.2) is 0 Å². The normalized spacial score (nSPS) is 27.9. The van der Waals surface area contributed by atoms with Crippen molar-refractivity contribution in [2.45, 2.75) is 65.3 Å². The number of para-hydroxylation sites is 2. The minimum atomic E-state index is -0.0758. The van der Waals surface area contributed by atoms with Crippen LogP contribution < -0.4 is 5.32 Å². The zero-order valence-corrected chi connectivity index (χ0v) is 19.9. The van der Waals surface area contributed by atoms with Crippen molar-refractivity contribution in [2.75, 3.05) is 6.54 Å². The fourth-order valence-corrected chi connectivity index (χ4v) is 7.50. The molecule has 0 radical (unpaired) electrons. The molecule has 4 bridgehead atoms. The molecule has 172 valence electrons. The summed E-state index contributed by atoms with van der Waals surface area (Å²) < 4.78 is 2.34. The van der Waals surface area contributed by atoms with E-state index in [2.05, 4.69) is 66.2 Å². The molecule has 1 aromatic heterocycles. The summed E-state index contributed by atoms with van der Waals surface area (Å²) >= 11 is 0. The van der Waals surface area contributed by atoms with Gasteiger partial charge in [-0.15, -0.1) is 0 Å². The Hall–Kier alpha value is -2.62. The van der Waals surface area contributed by atoms with Crippen molar-refractivity contribution in [1.29, 1.82) is 0 Å². The maximum atomic E-state index is 13.4.